The molecule has 12 heteroatoms. The number of guanidine groups is 1. The van der Waals surface area contributed by atoms with Crippen LogP contribution < -0.4 is 20.5 Å². The Morgan fingerprint density at radius 1 is 1.02 bits per heavy atom. The molecule has 1 aliphatic heterocycles. The number of aromatic nitrogens is 1. The molecule has 1 amide bonds. The van der Waals surface area contributed by atoms with Gasteiger partial charge < -0.3 is 25.7 Å². The Bertz CT molecular complexity index is 1970. The lowest BCUT2D eigenvalue weighted by atomic mass is 9.98. The van der Waals surface area contributed by atoms with Gasteiger partial charge in [0.1, 0.15) is 18.4 Å². The molecular formula is C35H39ClN6O4S. The number of nitrogens with one attached hydrogen (secondary N) is 4. The maximum absolute atomic E-state index is 13.8. The van der Waals surface area contributed by atoms with Crippen molar-refractivity contribution in [1.82, 2.24) is 19.9 Å². The van der Waals surface area contributed by atoms with Crippen molar-refractivity contribution < 1.29 is 17.9 Å². The largest absolute Gasteiger partial charge is 0.489 e. The highest BCUT2D eigenvalue weighted by Gasteiger charge is 2.29. The standard InChI is InChI=1S/C35H38N6O4S.ClH/c36-35(37)41-16-6-9-25(22-41)20-39-34(42)33(19-28-21-38-32-11-5-4-10-31(28)32)40-46(43,44)30-15-13-26-17-29(14-12-27(26)18-30)45-23-24-7-2-1-3-8-24;/h1-5,7-8,10-15,17-18,21,25,33,38,40H,6,9,16,19-20,22-23H2,(H3,36,37)(H,39,42);1H. The number of piperidine rings is 1. The molecule has 1 saturated heterocycles. The number of amides is 1. The quantitative estimate of drug-likeness (QED) is 0.0989. The first kappa shape index (κ1) is 33.8. The Morgan fingerprint density at radius 2 is 1.77 bits per heavy atom. The first-order chi connectivity index (χ1) is 22.2. The fourth-order valence-electron chi connectivity index (χ4n) is 5.98. The fraction of sp³-hybridized carbons (Fsp3) is 0.257. The summed E-state index contributed by atoms with van der Waals surface area (Å²) in [5, 5.41) is 13.2. The normalized spacial score (nSPS) is 15.6. The molecule has 10 nitrogen and oxygen atoms in total. The third-order valence-electron chi connectivity index (χ3n) is 8.48. The minimum atomic E-state index is -4.08. The van der Waals surface area contributed by atoms with Crippen molar-refractivity contribution in [3.8, 4) is 5.75 Å². The minimum Gasteiger partial charge on any atom is -0.489 e. The molecule has 6 rings (SSSR count). The Kier molecular flexibility index (Phi) is 10.7. The maximum Gasteiger partial charge on any atom is 0.241 e. The summed E-state index contributed by atoms with van der Waals surface area (Å²) in [6.45, 7) is 2.08. The third kappa shape index (κ3) is 8.23. The maximum atomic E-state index is 13.8. The molecule has 2 heterocycles. The van der Waals surface area contributed by atoms with Crippen LogP contribution >= 0.6 is 12.4 Å². The van der Waals surface area contributed by atoms with E-state index in [1.165, 1.54) is 0 Å². The summed E-state index contributed by atoms with van der Waals surface area (Å²) < 4.78 is 36.2. The van der Waals surface area contributed by atoms with Crippen molar-refractivity contribution in [3.63, 3.8) is 0 Å². The first-order valence-electron chi connectivity index (χ1n) is 15.4. The SMILES string of the molecule is Cl.N=C(N)N1CCCC(CNC(=O)C(Cc2c[nH]c3ccccc23)NS(=O)(=O)c2ccc3cc(OCc4ccccc4)ccc3c2)C1. The zero-order valence-electron chi connectivity index (χ0n) is 25.8. The summed E-state index contributed by atoms with van der Waals surface area (Å²) in [6, 6.07) is 27.0. The Balaban J connectivity index is 0.00000433. The van der Waals surface area contributed by atoms with Gasteiger partial charge in [-0.1, -0.05) is 60.7 Å². The van der Waals surface area contributed by atoms with E-state index in [1.54, 1.807) is 23.1 Å². The number of benzene rings is 4. The molecule has 1 aromatic heterocycles. The van der Waals surface area contributed by atoms with Gasteiger partial charge >= 0.3 is 0 Å². The highest BCUT2D eigenvalue weighted by molar-refractivity contribution is 7.89. The molecule has 0 bridgehead atoms. The number of H-pyrrole nitrogens is 1. The van der Waals surface area contributed by atoms with Crippen LogP contribution in [0.4, 0.5) is 0 Å². The monoisotopic (exact) mass is 674 g/mol. The highest BCUT2D eigenvalue weighted by Crippen LogP contribution is 2.26. The van der Waals surface area contributed by atoms with Crippen molar-refractivity contribution in [3.05, 3.63) is 108 Å². The van der Waals surface area contributed by atoms with Crippen molar-refractivity contribution >= 4 is 56.0 Å². The number of nitrogens with zero attached hydrogens (tertiary/aromatic N) is 1. The summed E-state index contributed by atoms with van der Waals surface area (Å²) in [5.41, 5.74) is 8.49. The van der Waals surface area contributed by atoms with Gasteiger partial charge in [-0.15, -0.1) is 12.4 Å². The zero-order chi connectivity index (χ0) is 32.1. The number of aromatic amines is 1. The molecule has 1 aliphatic rings. The van der Waals surface area contributed by atoms with Crippen LogP contribution in [0.1, 0.15) is 24.0 Å². The number of para-hydroxylation sites is 1. The van der Waals surface area contributed by atoms with Crippen LogP contribution in [0, 0.1) is 11.3 Å². The molecule has 5 aromatic rings. The number of hydrogen-bond acceptors (Lipinski definition) is 5. The van der Waals surface area contributed by atoms with E-state index < -0.39 is 22.0 Å². The predicted octanol–water partition coefficient (Wildman–Crippen LogP) is 4.93. The van der Waals surface area contributed by atoms with E-state index in [0.717, 1.165) is 52.2 Å². The lowest BCUT2D eigenvalue weighted by Crippen LogP contribution is -2.51. The second-order valence-corrected chi connectivity index (χ2v) is 13.5. The zero-order valence-corrected chi connectivity index (χ0v) is 27.4. The van der Waals surface area contributed by atoms with Crippen molar-refractivity contribution in [1.29, 1.82) is 5.41 Å². The molecule has 47 heavy (non-hydrogen) atoms. The van der Waals surface area contributed by atoms with Crippen molar-refractivity contribution in [2.75, 3.05) is 19.6 Å². The number of ether oxygens (including phenoxy) is 1. The molecule has 0 radical (unpaired) electrons. The Hall–Kier alpha value is -4.58. The van der Waals surface area contributed by atoms with Crippen LogP contribution in [0.15, 0.2) is 102 Å². The van der Waals surface area contributed by atoms with Gasteiger partial charge in [0, 0.05) is 36.7 Å². The van der Waals surface area contributed by atoms with E-state index in [0.29, 0.717) is 25.4 Å². The molecule has 2 atom stereocenters. The van der Waals surface area contributed by atoms with Gasteiger partial charge in [-0.25, -0.2) is 8.42 Å². The Morgan fingerprint density at radius 3 is 2.57 bits per heavy atom. The van der Waals surface area contributed by atoms with Gasteiger partial charge in [-0.2, -0.15) is 4.72 Å². The van der Waals surface area contributed by atoms with Crippen LogP contribution in [0.3, 0.4) is 0 Å². The van der Waals surface area contributed by atoms with Crippen molar-refractivity contribution in [2.24, 2.45) is 11.7 Å². The van der Waals surface area contributed by atoms with Crippen LogP contribution in [0.5, 0.6) is 5.75 Å². The van der Waals surface area contributed by atoms with E-state index in [2.05, 4.69) is 15.0 Å². The van der Waals surface area contributed by atoms with E-state index in [4.69, 9.17) is 15.9 Å². The molecule has 0 saturated carbocycles. The number of nitrogens with two attached hydrogens (primary N) is 1. The minimum absolute atomic E-state index is 0. The number of hydrogen-bond donors (Lipinski definition) is 5. The summed E-state index contributed by atoms with van der Waals surface area (Å²) in [4.78, 5) is 18.7. The number of rotatable bonds is 11. The van der Waals surface area contributed by atoms with Gasteiger partial charge in [0.05, 0.1) is 4.90 Å². The highest BCUT2D eigenvalue weighted by atomic mass is 35.5. The Labute approximate surface area is 280 Å². The second-order valence-electron chi connectivity index (χ2n) is 11.8. The van der Waals surface area contributed by atoms with E-state index in [1.807, 2.05) is 79.0 Å². The smallest absolute Gasteiger partial charge is 0.241 e. The molecule has 4 aromatic carbocycles. The number of fused-ring (bicyclic) bond motifs is 2. The van der Waals surface area contributed by atoms with Gasteiger partial charge in [0.15, 0.2) is 5.96 Å². The number of sulfonamides is 1. The fourth-order valence-corrected chi connectivity index (χ4v) is 7.21. The molecule has 6 N–H and O–H groups in total. The topological polar surface area (TPSA) is 153 Å². The number of carbonyl (C=O) groups is 1. The molecule has 1 fully saturated rings. The van der Waals surface area contributed by atoms with Crippen LogP contribution in [-0.4, -0.2) is 55.8 Å². The van der Waals surface area contributed by atoms with Gasteiger partial charge in [-0.3, -0.25) is 10.2 Å². The molecule has 0 aliphatic carbocycles. The average molecular weight is 675 g/mol. The summed E-state index contributed by atoms with van der Waals surface area (Å²) >= 11 is 0. The van der Waals surface area contributed by atoms with Crippen LogP contribution in [0.2, 0.25) is 0 Å². The number of carbonyl (C=O) groups excluding carboxylic acids is 1. The van der Waals surface area contributed by atoms with E-state index >= 15 is 0 Å². The lowest BCUT2D eigenvalue weighted by molar-refractivity contribution is -0.122. The van der Waals surface area contributed by atoms with E-state index in [-0.39, 0.29) is 35.6 Å². The van der Waals surface area contributed by atoms with Crippen LogP contribution in [-0.2, 0) is 27.8 Å². The first-order valence-corrected chi connectivity index (χ1v) is 16.9. The van der Waals surface area contributed by atoms with Gasteiger partial charge in [-0.05, 0) is 77.4 Å². The summed E-state index contributed by atoms with van der Waals surface area (Å²) in [7, 11) is -4.08. The molecule has 246 valence electrons. The van der Waals surface area contributed by atoms with E-state index in [9.17, 15) is 13.2 Å². The summed E-state index contributed by atoms with van der Waals surface area (Å²) in [5.74, 6) is 0.404. The number of likely N-dealkylation sites (tertiary alicyclic amines) is 1. The molecular weight excluding hydrogens is 636 g/mol. The molecule has 2 unspecified atom stereocenters. The number of halogens is 1. The lowest BCUT2D eigenvalue weighted by Gasteiger charge is -2.33. The van der Waals surface area contributed by atoms with Crippen molar-refractivity contribution in [2.45, 2.75) is 36.8 Å². The third-order valence-corrected chi connectivity index (χ3v) is 9.95. The molecule has 0 spiro atoms. The van der Waals surface area contributed by atoms with Gasteiger partial charge in [0.2, 0.25) is 15.9 Å². The van der Waals surface area contributed by atoms with Crippen LogP contribution in [0.25, 0.3) is 21.7 Å². The summed E-state index contributed by atoms with van der Waals surface area (Å²) in [6.07, 6.45) is 3.74. The second kappa shape index (κ2) is 14.9. The average Bonchev–Trinajstić information content (AvgIpc) is 3.48. The van der Waals surface area contributed by atoms with Gasteiger partial charge in [0.25, 0.3) is 0 Å². The predicted molar refractivity (Wildman–Crippen MR) is 187 cm³/mol.